The van der Waals surface area contributed by atoms with Crippen molar-refractivity contribution >= 4 is 11.8 Å². The number of hydrogen-bond donors (Lipinski definition) is 2. The maximum Gasteiger partial charge on any atom is 0.274 e. The van der Waals surface area contributed by atoms with Gasteiger partial charge in [-0.25, -0.2) is 8.78 Å². The van der Waals surface area contributed by atoms with Crippen LogP contribution >= 0.6 is 0 Å². The molecule has 2 aromatic rings. The van der Waals surface area contributed by atoms with Gasteiger partial charge in [0.15, 0.2) is 11.4 Å². The van der Waals surface area contributed by atoms with Gasteiger partial charge in [-0.1, -0.05) is 6.07 Å². The van der Waals surface area contributed by atoms with Gasteiger partial charge in [0, 0.05) is 38.4 Å². The van der Waals surface area contributed by atoms with Crippen molar-refractivity contribution in [3.05, 3.63) is 62.6 Å². The number of methoxy groups -OCH3 is 1. The number of amides is 2. The van der Waals surface area contributed by atoms with Gasteiger partial charge in [-0.2, -0.15) is 0 Å². The summed E-state index contributed by atoms with van der Waals surface area (Å²) in [5, 5.41) is 13.0. The quantitative estimate of drug-likeness (QED) is 0.679. The molecule has 2 aliphatic heterocycles. The first-order chi connectivity index (χ1) is 15.3. The molecule has 0 bridgehead atoms. The molecule has 9 nitrogen and oxygen atoms in total. The molecule has 170 valence electrons. The molecule has 1 aromatic carbocycles. The number of nitrogens with one attached hydrogen (secondary N) is 1. The van der Waals surface area contributed by atoms with E-state index in [0.717, 1.165) is 6.07 Å². The highest BCUT2D eigenvalue weighted by atomic mass is 19.1. The molecule has 1 unspecified atom stereocenters. The van der Waals surface area contributed by atoms with E-state index in [2.05, 4.69) is 5.32 Å². The Morgan fingerprint density at radius 1 is 1.34 bits per heavy atom. The molecule has 3 heterocycles. The molecule has 4 rings (SSSR count). The zero-order valence-electron chi connectivity index (χ0n) is 17.2. The maximum absolute atomic E-state index is 13.9. The van der Waals surface area contributed by atoms with Crippen molar-refractivity contribution in [3.8, 4) is 5.75 Å². The lowest BCUT2D eigenvalue weighted by Crippen LogP contribution is -2.50. The first-order valence-electron chi connectivity index (χ1n) is 9.91. The standard InChI is InChI=1S/C21H21F2N3O6/c1-31-5-4-25-8-13-9-32-10-15-16(18(27)19(28)17(21(25)30)26(13)15)20(29)24-7-11-2-3-12(22)6-14(11)23/h2-3,6,13,28H,4-5,7-10H2,1H3,(H,24,29). The Balaban J connectivity index is 1.70. The Morgan fingerprint density at radius 2 is 2.12 bits per heavy atom. The summed E-state index contributed by atoms with van der Waals surface area (Å²) in [5.74, 6) is -3.84. The van der Waals surface area contributed by atoms with Crippen LogP contribution in [0.25, 0.3) is 0 Å². The molecule has 11 heteroatoms. The van der Waals surface area contributed by atoms with E-state index in [4.69, 9.17) is 9.47 Å². The highest BCUT2D eigenvalue weighted by Gasteiger charge is 2.40. The predicted molar refractivity (Wildman–Crippen MR) is 106 cm³/mol. The number of ether oxygens (including phenoxy) is 2. The molecule has 0 fully saturated rings. The SMILES string of the molecule is COCCN1CC2COCc3c(C(=O)NCc4ccc(F)cc4F)c(=O)c(O)c(n32)C1=O. The summed E-state index contributed by atoms with van der Waals surface area (Å²) in [7, 11) is 1.49. The topological polar surface area (TPSA) is 110 Å². The Labute approximate surface area is 181 Å². The number of nitrogens with zero attached hydrogens (tertiary/aromatic N) is 2. The molecule has 1 aromatic heterocycles. The molecular weight excluding hydrogens is 428 g/mol. The molecule has 0 radical (unpaired) electrons. The number of halogens is 2. The number of pyridine rings is 1. The molecule has 0 saturated heterocycles. The molecule has 0 saturated carbocycles. The smallest absolute Gasteiger partial charge is 0.274 e. The van der Waals surface area contributed by atoms with Gasteiger partial charge >= 0.3 is 0 Å². The molecule has 2 N–H and O–H groups in total. The summed E-state index contributed by atoms with van der Waals surface area (Å²) in [6, 6.07) is 2.51. The first kappa shape index (κ1) is 21.9. The van der Waals surface area contributed by atoms with Crippen LogP contribution in [0, 0.1) is 11.6 Å². The Bertz CT molecular complexity index is 1150. The van der Waals surface area contributed by atoms with E-state index < -0.39 is 40.7 Å². The van der Waals surface area contributed by atoms with Crippen LogP contribution in [-0.2, 0) is 22.6 Å². The van der Waals surface area contributed by atoms with Gasteiger partial charge in [-0.3, -0.25) is 14.4 Å². The minimum absolute atomic E-state index is 0.0220. The average molecular weight is 449 g/mol. The van der Waals surface area contributed by atoms with Crippen molar-refractivity contribution in [1.82, 2.24) is 14.8 Å². The lowest BCUT2D eigenvalue weighted by molar-refractivity contribution is 0.0202. The summed E-state index contributed by atoms with van der Waals surface area (Å²) >= 11 is 0. The third-order valence-electron chi connectivity index (χ3n) is 5.57. The van der Waals surface area contributed by atoms with Gasteiger partial charge in [0.2, 0.25) is 5.43 Å². The molecule has 2 amide bonds. The summed E-state index contributed by atoms with van der Waals surface area (Å²) < 4.78 is 39.0. The Morgan fingerprint density at radius 3 is 2.84 bits per heavy atom. The number of aromatic nitrogens is 1. The maximum atomic E-state index is 13.9. The number of carbonyl (C=O) groups excluding carboxylic acids is 2. The van der Waals surface area contributed by atoms with Crippen LogP contribution in [0.4, 0.5) is 8.78 Å². The number of benzene rings is 1. The average Bonchev–Trinajstić information content (AvgIpc) is 2.76. The first-order valence-corrected chi connectivity index (χ1v) is 9.91. The van der Waals surface area contributed by atoms with Gasteiger partial charge < -0.3 is 29.4 Å². The van der Waals surface area contributed by atoms with Crippen LogP contribution in [0.5, 0.6) is 5.75 Å². The lowest BCUT2D eigenvalue weighted by atomic mass is 10.0. The van der Waals surface area contributed by atoms with Gasteiger partial charge in [-0.15, -0.1) is 0 Å². The van der Waals surface area contributed by atoms with Gasteiger partial charge in [0.1, 0.15) is 17.2 Å². The fourth-order valence-electron chi connectivity index (χ4n) is 4.02. The molecule has 0 aliphatic carbocycles. The van der Waals surface area contributed by atoms with E-state index >= 15 is 0 Å². The monoisotopic (exact) mass is 449 g/mol. The highest BCUT2D eigenvalue weighted by Crippen LogP contribution is 2.32. The van der Waals surface area contributed by atoms with Crippen molar-refractivity contribution in [1.29, 1.82) is 0 Å². The normalized spacial score (nSPS) is 17.3. The minimum Gasteiger partial charge on any atom is -0.503 e. The van der Waals surface area contributed by atoms with Crippen LogP contribution in [-0.4, -0.2) is 59.8 Å². The predicted octanol–water partition coefficient (Wildman–Crippen LogP) is 0.936. The number of hydrogen-bond acceptors (Lipinski definition) is 6. The van der Waals surface area contributed by atoms with Gasteiger partial charge in [0.05, 0.1) is 31.6 Å². The van der Waals surface area contributed by atoms with Crippen LogP contribution in [0.15, 0.2) is 23.0 Å². The van der Waals surface area contributed by atoms with E-state index in [9.17, 15) is 28.3 Å². The molecular formula is C21H21F2N3O6. The number of carbonyl (C=O) groups is 2. The zero-order valence-corrected chi connectivity index (χ0v) is 17.2. The van der Waals surface area contributed by atoms with Crippen LogP contribution < -0.4 is 10.7 Å². The van der Waals surface area contributed by atoms with Crippen molar-refractivity contribution < 1.29 is 33.0 Å². The largest absolute Gasteiger partial charge is 0.503 e. The highest BCUT2D eigenvalue weighted by molar-refractivity contribution is 6.00. The molecule has 2 aliphatic rings. The van der Waals surface area contributed by atoms with E-state index in [1.807, 2.05) is 0 Å². The molecule has 0 spiro atoms. The molecule has 1 atom stereocenters. The summed E-state index contributed by atoms with van der Waals surface area (Å²) in [5.41, 5.74) is -1.41. The van der Waals surface area contributed by atoms with Gasteiger partial charge in [-0.05, 0) is 6.07 Å². The summed E-state index contributed by atoms with van der Waals surface area (Å²) in [6.07, 6.45) is 0. The number of aromatic hydroxyl groups is 1. The van der Waals surface area contributed by atoms with Crippen LogP contribution in [0.3, 0.4) is 0 Å². The molecule has 32 heavy (non-hydrogen) atoms. The Kier molecular flexibility index (Phi) is 5.94. The van der Waals surface area contributed by atoms with Gasteiger partial charge in [0.25, 0.3) is 11.8 Å². The van der Waals surface area contributed by atoms with Crippen molar-refractivity contribution in [2.24, 2.45) is 0 Å². The lowest BCUT2D eigenvalue weighted by Gasteiger charge is -2.40. The summed E-state index contributed by atoms with van der Waals surface area (Å²) in [6.45, 7) is 0.601. The number of rotatable bonds is 6. The van der Waals surface area contributed by atoms with Crippen molar-refractivity contribution in [2.75, 3.05) is 33.4 Å². The third-order valence-corrected chi connectivity index (χ3v) is 5.57. The van der Waals surface area contributed by atoms with Crippen molar-refractivity contribution in [2.45, 2.75) is 19.2 Å². The fourth-order valence-corrected chi connectivity index (χ4v) is 4.02. The van der Waals surface area contributed by atoms with E-state index in [1.165, 1.54) is 22.6 Å². The third kappa shape index (κ3) is 3.73. The second kappa shape index (κ2) is 8.67. The second-order valence-corrected chi connectivity index (χ2v) is 7.55. The van der Waals surface area contributed by atoms with E-state index in [0.29, 0.717) is 6.07 Å². The van der Waals surface area contributed by atoms with Crippen LogP contribution in [0.2, 0.25) is 0 Å². The van der Waals surface area contributed by atoms with Crippen molar-refractivity contribution in [3.63, 3.8) is 0 Å². The zero-order chi connectivity index (χ0) is 23.0. The summed E-state index contributed by atoms with van der Waals surface area (Å²) in [4.78, 5) is 40.1. The Hall–Kier alpha value is -3.31. The van der Waals surface area contributed by atoms with E-state index in [-0.39, 0.29) is 62.0 Å². The second-order valence-electron chi connectivity index (χ2n) is 7.55. The van der Waals surface area contributed by atoms with Crippen LogP contribution in [0.1, 0.15) is 38.1 Å². The van der Waals surface area contributed by atoms with E-state index in [1.54, 1.807) is 0 Å². The fraction of sp³-hybridized carbons (Fsp3) is 0.381. The minimum atomic E-state index is -1.02.